The fourth-order valence-corrected chi connectivity index (χ4v) is 3.36. The highest BCUT2D eigenvalue weighted by atomic mass is 15.3. The minimum atomic E-state index is 0.151. The van der Waals surface area contributed by atoms with E-state index in [2.05, 4.69) is 61.9 Å². The molecule has 0 radical (unpaired) electrons. The Bertz CT molecular complexity index is 430. The molecular weight excluding hydrogens is 246 g/mol. The van der Waals surface area contributed by atoms with E-state index < -0.39 is 0 Å². The number of nitrogens with zero attached hydrogens (tertiary/aromatic N) is 2. The second-order valence-corrected chi connectivity index (χ2v) is 6.26. The fourth-order valence-electron chi connectivity index (χ4n) is 3.36. The van der Waals surface area contributed by atoms with Crippen molar-refractivity contribution < 1.29 is 0 Å². The Morgan fingerprint density at radius 3 is 2.70 bits per heavy atom. The van der Waals surface area contributed by atoms with Crippen LogP contribution in [0.25, 0.3) is 0 Å². The highest BCUT2D eigenvalue weighted by Crippen LogP contribution is 2.27. The van der Waals surface area contributed by atoms with Gasteiger partial charge in [-0.25, -0.2) is 0 Å². The summed E-state index contributed by atoms with van der Waals surface area (Å²) in [6.45, 7) is 9.92. The molecule has 0 spiro atoms. The third kappa shape index (κ3) is 3.40. The van der Waals surface area contributed by atoms with Gasteiger partial charge in [-0.1, -0.05) is 36.8 Å². The minimum Gasteiger partial charge on any atom is -0.326 e. The number of piperazine rings is 1. The molecule has 1 aromatic carbocycles. The largest absolute Gasteiger partial charge is 0.326 e. The smallest absolute Gasteiger partial charge is 0.0497 e. The highest BCUT2D eigenvalue weighted by molar-refractivity contribution is 5.26. The molecule has 1 saturated heterocycles. The molecule has 2 rings (SSSR count). The molecular formula is C17H29N3. The first kappa shape index (κ1) is 15.5. The van der Waals surface area contributed by atoms with E-state index in [4.69, 9.17) is 5.73 Å². The molecule has 112 valence electrons. The zero-order valence-corrected chi connectivity index (χ0v) is 13.3. The molecule has 0 bridgehead atoms. The summed E-state index contributed by atoms with van der Waals surface area (Å²) in [7, 11) is 2.24. The lowest BCUT2D eigenvalue weighted by Crippen LogP contribution is -2.54. The van der Waals surface area contributed by atoms with Gasteiger partial charge < -0.3 is 10.6 Å². The van der Waals surface area contributed by atoms with Crippen molar-refractivity contribution >= 4 is 0 Å². The Balaban J connectivity index is 2.21. The van der Waals surface area contributed by atoms with Crippen LogP contribution in [0, 0.1) is 6.92 Å². The van der Waals surface area contributed by atoms with Crippen molar-refractivity contribution in [2.75, 3.05) is 26.7 Å². The van der Waals surface area contributed by atoms with E-state index in [0.717, 1.165) is 19.6 Å². The van der Waals surface area contributed by atoms with Crippen LogP contribution in [-0.2, 0) is 0 Å². The second-order valence-electron chi connectivity index (χ2n) is 6.26. The molecule has 3 atom stereocenters. The zero-order chi connectivity index (χ0) is 14.7. The molecule has 3 nitrogen and oxygen atoms in total. The first-order chi connectivity index (χ1) is 9.52. The van der Waals surface area contributed by atoms with Crippen LogP contribution in [0.4, 0.5) is 0 Å². The van der Waals surface area contributed by atoms with E-state index in [-0.39, 0.29) is 6.04 Å². The molecule has 0 saturated carbocycles. The van der Waals surface area contributed by atoms with Gasteiger partial charge in [0.2, 0.25) is 0 Å². The average molecular weight is 275 g/mol. The third-order valence-electron chi connectivity index (χ3n) is 4.55. The Hall–Kier alpha value is -0.900. The molecule has 2 N–H and O–H groups in total. The predicted octanol–water partition coefficient (Wildman–Crippen LogP) is 2.41. The molecule has 1 heterocycles. The van der Waals surface area contributed by atoms with Crippen molar-refractivity contribution in [1.82, 2.24) is 9.80 Å². The number of aryl methyl sites for hydroxylation is 1. The summed E-state index contributed by atoms with van der Waals surface area (Å²) in [6.07, 6.45) is 1.20. The van der Waals surface area contributed by atoms with Crippen LogP contribution in [0.1, 0.15) is 37.4 Å². The lowest BCUT2D eigenvalue weighted by Gasteiger charge is -2.44. The van der Waals surface area contributed by atoms with Crippen molar-refractivity contribution in [3.8, 4) is 0 Å². The van der Waals surface area contributed by atoms with Crippen molar-refractivity contribution in [3.05, 3.63) is 35.4 Å². The van der Waals surface area contributed by atoms with Gasteiger partial charge >= 0.3 is 0 Å². The van der Waals surface area contributed by atoms with Crippen LogP contribution in [0.2, 0.25) is 0 Å². The number of benzene rings is 1. The van der Waals surface area contributed by atoms with Gasteiger partial charge in [-0.05, 0) is 32.9 Å². The maximum atomic E-state index is 6.32. The van der Waals surface area contributed by atoms with Crippen LogP contribution in [-0.4, -0.2) is 48.6 Å². The number of likely N-dealkylation sites (N-methyl/N-ethyl adjacent to an activating group) is 1. The number of hydrogen-bond donors (Lipinski definition) is 1. The lowest BCUT2D eigenvalue weighted by atomic mass is 9.95. The van der Waals surface area contributed by atoms with Gasteiger partial charge in [0.15, 0.2) is 0 Å². The van der Waals surface area contributed by atoms with Crippen LogP contribution in [0.3, 0.4) is 0 Å². The molecule has 1 fully saturated rings. The average Bonchev–Trinajstić information content (AvgIpc) is 2.40. The lowest BCUT2D eigenvalue weighted by molar-refractivity contribution is 0.0549. The first-order valence-corrected chi connectivity index (χ1v) is 7.79. The summed E-state index contributed by atoms with van der Waals surface area (Å²) in [6, 6.07) is 9.94. The summed E-state index contributed by atoms with van der Waals surface area (Å²) < 4.78 is 0. The van der Waals surface area contributed by atoms with Crippen molar-refractivity contribution in [2.24, 2.45) is 5.73 Å². The summed E-state index contributed by atoms with van der Waals surface area (Å²) in [5.74, 6) is 0. The maximum Gasteiger partial charge on any atom is 0.0497 e. The van der Waals surface area contributed by atoms with Gasteiger partial charge in [0.05, 0.1) is 0 Å². The molecule has 0 aliphatic carbocycles. The summed E-state index contributed by atoms with van der Waals surface area (Å²) >= 11 is 0. The molecule has 1 aliphatic heterocycles. The number of rotatable bonds is 4. The van der Waals surface area contributed by atoms with Crippen LogP contribution >= 0.6 is 0 Å². The van der Waals surface area contributed by atoms with Crippen molar-refractivity contribution in [1.29, 1.82) is 0 Å². The van der Waals surface area contributed by atoms with Crippen LogP contribution < -0.4 is 5.73 Å². The molecule has 1 aliphatic rings. The molecule has 0 aromatic heterocycles. The zero-order valence-electron chi connectivity index (χ0n) is 13.3. The quantitative estimate of drug-likeness (QED) is 0.916. The van der Waals surface area contributed by atoms with Crippen molar-refractivity contribution in [2.45, 2.75) is 45.3 Å². The first-order valence-electron chi connectivity index (χ1n) is 7.79. The Morgan fingerprint density at radius 2 is 2.10 bits per heavy atom. The van der Waals surface area contributed by atoms with E-state index in [9.17, 15) is 0 Å². The van der Waals surface area contributed by atoms with Gasteiger partial charge in [0, 0.05) is 37.8 Å². The van der Waals surface area contributed by atoms with Gasteiger partial charge in [-0.3, -0.25) is 4.90 Å². The van der Waals surface area contributed by atoms with Gasteiger partial charge in [-0.2, -0.15) is 0 Å². The maximum absolute atomic E-state index is 6.32. The molecule has 1 aromatic rings. The van der Waals surface area contributed by atoms with E-state index in [1.54, 1.807) is 0 Å². The second kappa shape index (κ2) is 6.70. The number of hydrogen-bond acceptors (Lipinski definition) is 3. The van der Waals surface area contributed by atoms with E-state index in [1.807, 2.05) is 0 Å². The highest BCUT2D eigenvalue weighted by Gasteiger charge is 2.30. The standard InChI is InChI=1S/C17H29N3/c1-5-16-12-20(10-9-19(16)4)17(14(3)18)15-8-6-7-13(2)11-15/h6-8,11,14,16-17H,5,9-10,12,18H2,1-4H3. The van der Waals surface area contributed by atoms with Crippen molar-refractivity contribution in [3.63, 3.8) is 0 Å². The molecule has 0 amide bonds. The van der Waals surface area contributed by atoms with Gasteiger partial charge in [-0.15, -0.1) is 0 Å². The van der Waals surface area contributed by atoms with Gasteiger partial charge in [0.25, 0.3) is 0 Å². The van der Waals surface area contributed by atoms with Crippen LogP contribution in [0.15, 0.2) is 24.3 Å². The van der Waals surface area contributed by atoms with Gasteiger partial charge in [0.1, 0.15) is 0 Å². The normalized spacial score (nSPS) is 24.6. The number of nitrogens with two attached hydrogens (primary N) is 1. The predicted molar refractivity (Wildman–Crippen MR) is 85.9 cm³/mol. The molecule has 20 heavy (non-hydrogen) atoms. The van der Waals surface area contributed by atoms with E-state index >= 15 is 0 Å². The summed E-state index contributed by atoms with van der Waals surface area (Å²) in [5, 5.41) is 0. The summed E-state index contributed by atoms with van der Waals surface area (Å²) in [5.41, 5.74) is 8.99. The molecule has 3 heteroatoms. The summed E-state index contributed by atoms with van der Waals surface area (Å²) in [4.78, 5) is 5.05. The fraction of sp³-hybridized carbons (Fsp3) is 0.647. The Morgan fingerprint density at radius 1 is 1.35 bits per heavy atom. The monoisotopic (exact) mass is 275 g/mol. The van der Waals surface area contributed by atoms with E-state index in [0.29, 0.717) is 12.1 Å². The van der Waals surface area contributed by atoms with E-state index in [1.165, 1.54) is 17.5 Å². The third-order valence-corrected chi connectivity index (χ3v) is 4.55. The minimum absolute atomic E-state index is 0.151. The van der Waals surface area contributed by atoms with Crippen LogP contribution in [0.5, 0.6) is 0 Å². The Labute approximate surface area is 123 Å². The molecule has 3 unspecified atom stereocenters. The SMILES string of the molecule is CCC1CN(C(c2cccc(C)c2)C(C)N)CCN1C. The Kier molecular flexibility index (Phi) is 5.19. The topological polar surface area (TPSA) is 32.5 Å².